The maximum Gasteiger partial charge on any atom is 0.0631 e. The lowest BCUT2D eigenvalue weighted by molar-refractivity contribution is 0.343. The van der Waals surface area contributed by atoms with Gasteiger partial charge in [-0.2, -0.15) is 0 Å². The highest BCUT2D eigenvalue weighted by Crippen LogP contribution is 2.18. The molecule has 0 aliphatic carbocycles. The van der Waals surface area contributed by atoms with Crippen LogP contribution in [0.1, 0.15) is 90.9 Å². The second-order valence-corrected chi connectivity index (χ2v) is 7.00. The molecule has 0 aromatic carbocycles. The zero-order valence-corrected chi connectivity index (χ0v) is 15.8. The Morgan fingerprint density at radius 1 is 0.714 bits per heavy atom. The van der Waals surface area contributed by atoms with Crippen LogP contribution in [-0.2, 0) is 0 Å². The van der Waals surface area contributed by atoms with Crippen LogP contribution in [0.4, 0.5) is 0 Å². The Morgan fingerprint density at radius 3 is 1.48 bits per heavy atom. The Balaban J connectivity index is 3.70. The molecule has 0 bridgehead atoms. The van der Waals surface area contributed by atoms with E-state index in [0.717, 1.165) is 0 Å². The first kappa shape index (κ1) is 20.9. The van der Waals surface area contributed by atoms with Crippen molar-refractivity contribution >= 4 is 11.8 Å². The van der Waals surface area contributed by atoms with Crippen LogP contribution in [-0.4, -0.2) is 24.2 Å². The number of thioether (sulfide) groups is 1. The number of rotatable bonds is 16. The van der Waals surface area contributed by atoms with Crippen molar-refractivity contribution in [2.45, 2.75) is 90.9 Å². The lowest BCUT2D eigenvalue weighted by Crippen LogP contribution is -2.23. The number of nitrogens with zero attached hydrogens (tertiary/aromatic N) is 1. The molecule has 0 aliphatic heterocycles. The molecule has 0 saturated heterocycles. The molecule has 0 radical (unpaired) electrons. The van der Waals surface area contributed by atoms with Crippen LogP contribution in [0.3, 0.4) is 0 Å². The van der Waals surface area contributed by atoms with Crippen molar-refractivity contribution in [2.24, 2.45) is 0 Å². The van der Waals surface area contributed by atoms with Gasteiger partial charge in [-0.15, -0.1) is 11.8 Å². The van der Waals surface area contributed by atoms with Crippen molar-refractivity contribution in [2.75, 3.05) is 19.3 Å². The molecule has 0 spiro atoms. The zero-order valence-electron chi connectivity index (χ0n) is 15.0. The van der Waals surface area contributed by atoms with Gasteiger partial charge in [-0.05, 0) is 19.1 Å². The molecule has 0 fully saturated rings. The maximum atomic E-state index is 4.22. The van der Waals surface area contributed by atoms with Crippen molar-refractivity contribution in [1.29, 1.82) is 0 Å². The first-order valence-corrected chi connectivity index (χ1v) is 10.5. The topological polar surface area (TPSA) is 3.24 Å². The van der Waals surface area contributed by atoms with Crippen molar-refractivity contribution in [1.82, 2.24) is 4.90 Å². The third-order valence-corrected chi connectivity index (χ3v) is 4.88. The Bertz CT molecular complexity index is 212. The quantitative estimate of drug-likeness (QED) is 0.287. The highest BCUT2D eigenvalue weighted by atomic mass is 32.2. The summed E-state index contributed by atoms with van der Waals surface area (Å²) in [4.78, 5) is 2.52. The molecule has 0 aliphatic rings. The van der Waals surface area contributed by atoms with Gasteiger partial charge in [0, 0.05) is 13.1 Å². The molecule has 0 N–H and O–H groups in total. The fourth-order valence-electron chi connectivity index (χ4n) is 2.66. The largest absolute Gasteiger partial charge is 0.367 e. The minimum absolute atomic E-state index is 1.21. The predicted octanol–water partition coefficient (Wildman–Crippen LogP) is 6.84. The lowest BCUT2D eigenvalue weighted by atomic mass is 10.1. The number of hydrogen-bond donors (Lipinski definition) is 0. The van der Waals surface area contributed by atoms with Gasteiger partial charge in [0.2, 0.25) is 0 Å². The summed E-state index contributed by atoms with van der Waals surface area (Å²) < 4.78 is 0. The van der Waals surface area contributed by atoms with Crippen LogP contribution < -0.4 is 0 Å². The van der Waals surface area contributed by atoms with Crippen LogP contribution in [0.5, 0.6) is 0 Å². The van der Waals surface area contributed by atoms with Gasteiger partial charge in [0.15, 0.2) is 0 Å². The molecule has 0 atom stereocenters. The minimum Gasteiger partial charge on any atom is -0.367 e. The van der Waals surface area contributed by atoms with Crippen molar-refractivity contribution < 1.29 is 0 Å². The third-order valence-electron chi connectivity index (χ3n) is 4.15. The van der Waals surface area contributed by atoms with E-state index < -0.39 is 0 Å². The van der Waals surface area contributed by atoms with E-state index in [1.807, 2.05) is 11.8 Å². The predicted molar refractivity (Wildman–Crippen MR) is 101 cm³/mol. The summed E-state index contributed by atoms with van der Waals surface area (Å²) >= 11 is 1.81. The lowest BCUT2D eigenvalue weighted by Gasteiger charge is -2.25. The van der Waals surface area contributed by atoms with E-state index >= 15 is 0 Å². The molecule has 0 aromatic rings. The highest BCUT2D eigenvalue weighted by Gasteiger charge is 2.06. The van der Waals surface area contributed by atoms with E-state index in [9.17, 15) is 0 Å². The van der Waals surface area contributed by atoms with E-state index in [1.165, 1.54) is 95.2 Å². The Morgan fingerprint density at radius 2 is 1.10 bits per heavy atom. The van der Waals surface area contributed by atoms with E-state index in [-0.39, 0.29) is 0 Å². The Kier molecular flexibility index (Phi) is 16.2. The van der Waals surface area contributed by atoms with Gasteiger partial charge in [0.25, 0.3) is 0 Å². The summed E-state index contributed by atoms with van der Waals surface area (Å²) in [5, 5.41) is 1.26. The highest BCUT2D eigenvalue weighted by molar-refractivity contribution is 8.02. The average molecular weight is 314 g/mol. The Hall–Kier alpha value is -0.110. The van der Waals surface area contributed by atoms with Gasteiger partial charge in [-0.3, -0.25) is 0 Å². The molecule has 126 valence electrons. The molecule has 0 saturated carbocycles. The second-order valence-electron chi connectivity index (χ2n) is 6.12. The molecule has 2 heteroatoms. The second kappa shape index (κ2) is 16.3. The minimum atomic E-state index is 1.21. The van der Waals surface area contributed by atoms with Gasteiger partial charge in [0.1, 0.15) is 0 Å². The van der Waals surface area contributed by atoms with Crippen LogP contribution in [0.2, 0.25) is 0 Å². The van der Waals surface area contributed by atoms with Gasteiger partial charge < -0.3 is 4.90 Å². The third kappa shape index (κ3) is 13.3. The Labute approximate surface area is 139 Å². The molecule has 0 aromatic heterocycles. The van der Waals surface area contributed by atoms with Gasteiger partial charge >= 0.3 is 0 Å². The van der Waals surface area contributed by atoms with Crippen molar-refractivity contribution in [3.05, 3.63) is 11.6 Å². The summed E-state index contributed by atoms with van der Waals surface area (Å²) in [5.74, 6) is 0. The number of hydrogen-bond acceptors (Lipinski definition) is 2. The molecule has 0 unspecified atom stereocenters. The zero-order chi connectivity index (χ0) is 15.8. The normalized spacial score (nSPS) is 10.8. The molecule has 0 amide bonds. The van der Waals surface area contributed by atoms with E-state index in [0.29, 0.717) is 0 Å². The smallest absolute Gasteiger partial charge is 0.0631 e. The SMILES string of the molecule is C=C(SC)N(CCCCCCCC)CCCCCCCC. The number of unbranched alkanes of at least 4 members (excludes halogenated alkanes) is 10. The molecule has 21 heavy (non-hydrogen) atoms. The molecule has 0 heterocycles. The van der Waals surface area contributed by atoms with Crippen LogP contribution in [0.15, 0.2) is 11.6 Å². The van der Waals surface area contributed by atoms with Crippen molar-refractivity contribution in [3.63, 3.8) is 0 Å². The van der Waals surface area contributed by atoms with Crippen LogP contribution in [0, 0.1) is 0 Å². The fourth-order valence-corrected chi connectivity index (χ4v) is 3.10. The van der Waals surface area contributed by atoms with E-state index in [1.54, 1.807) is 0 Å². The van der Waals surface area contributed by atoms with Crippen molar-refractivity contribution in [3.8, 4) is 0 Å². The molecule has 1 nitrogen and oxygen atoms in total. The average Bonchev–Trinajstić information content (AvgIpc) is 2.51. The standard InChI is InChI=1S/C19H39NS/c1-5-7-9-11-13-15-17-20(19(3)21-4)18-16-14-12-10-8-6-2/h3,5-18H2,1-2,4H3. The van der Waals surface area contributed by atoms with Crippen LogP contribution in [0.25, 0.3) is 0 Å². The molecular weight excluding hydrogens is 274 g/mol. The molecular formula is C19H39NS. The summed E-state index contributed by atoms with van der Waals surface area (Å²) in [6.07, 6.45) is 18.7. The fraction of sp³-hybridized carbons (Fsp3) is 0.895. The van der Waals surface area contributed by atoms with Gasteiger partial charge in [0.05, 0.1) is 5.03 Å². The van der Waals surface area contributed by atoms with Crippen LogP contribution >= 0.6 is 11.8 Å². The summed E-state index contributed by atoms with van der Waals surface area (Å²) in [6.45, 7) is 11.2. The monoisotopic (exact) mass is 313 g/mol. The van der Waals surface area contributed by atoms with Gasteiger partial charge in [-0.25, -0.2) is 0 Å². The summed E-state index contributed by atoms with van der Waals surface area (Å²) in [5.41, 5.74) is 0. The molecule has 0 rings (SSSR count). The van der Waals surface area contributed by atoms with Gasteiger partial charge in [-0.1, -0.05) is 84.6 Å². The summed E-state index contributed by atoms with van der Waals surface area (Å²) in [6, 6.07) is 0. The van der Waals surface area contributed by atoms with E-state index in [4.69, 9.17) is 0 Å². The first-order chi connectivity index (χ1) is 10.3. The maximum absolute atomic E-state index is 4.22. The van der Waals surface area contributed by atoms with E-state index in [2.05, 4.69) is 31.6 Å². The summed E-state index contributed by atoms with van der Waals surface area (Å²) in [7, 11) is 0. The first-order valence-electron chi connectivity index (χ1n) is 9.24.